The van der Waals surface area contributed by atoms with Crippen molar-refractivity contribution in [3.63, 3.8) is 0 Å². The number of piperazine rings is 1. The van der Waals surface area contributed by atoms with E-state index in [-0.39, 0.29) is 34.9 Å². The second kappa shape index (κ2) is 11.0. The van der Waals surface area contributed by atoms with Gasteiger partial charge in [0.2, 0.25) is 5.91 Å². The molecule has 0 radical (unpaired) electrons. The van der Waals surface area contributed by atoms with Crippen LogP contribution in [-0.4, -0.2) is 52.8 Å². The van der Waals surface area contributed by atoms with Gasteiger partial charge in [0.25, 0.3) is 0 Å². The van der Waals surface area contributed by atoms with Gasteiger partial charge in [-0.1, -0.05) is 37.1 Å². The molecule has 2 unspecified atom stereocenters. The van der Waals surface area contributed by atoms with Gasteiger partial charge in [0.15, 0.2) is 9.84 Å². The van der Waals surface area contributed by atoms with E-state index in [1.54, 1.807) is 12.1 Å². The Morgan fingerprint density at radius 2 is 1.62 bits per heavy atom. The molecule has 1 saturated carbocycles. The summed E-state index contributed by atoms with van der Waals surface area (Å²) in [4.78, 5) is 15.1. The summed E-state index contributed by atoms with van der Waals surface area (Å²) < 4.78 is 26.3. The fourth-order valence-corrected chi connectivity index (χ4v) is 6.74. The lowest BCUT2D eigenvalue weighted by atomic mass is 9.80. The minimum Gasteiger partial charge on any atom is -0.369 e. The third-order valence-electron chi connectivity index (χ3n) is 6.92. The Balaban J connectivity index is 1.44. The predicted octanol–water partition coefficient (Wildman–Crippen LogP) is 2.98. The summed E-state index contributed by atoms with van der Waals surface area (Å²) >= 11 is 0. The number of nitriles is 1. The monoisotopic (exact) mass is 480 g/mol. The molecule has 0 aromatic heterocycles. The molecule has 0 spiro atoms. The molecular weight excluding hydrogens is 448 g/mol. The first-order valence-corrected chi connectivity index (χ1v) is 13.7. The lowest BCUT2D eigenvalue weighted by Crippen LogP contribution is -2.43. The Morgan fingerprint density at radius 1 is 1.00 bits per heavy atom. The van der Waals surface area contributed by atoms with Gasteiger partial charge in [0.1, 0.15) is 6.54 Å². The van der Waals surface area contributed by atoms with Crippen molar-refractivity contribution in [3.8, 4) is 17.2 Å². The number of nitrogens with one attached hydrogen (secondary N) is 2. The molecule has 1 amide bonds. The van der Waals surface area contributed by atoms with E-state index in [1.807, 2.05) is 18.2 Å². The van der Waals surface area contributed by atoms with E-state index in [1.165, 1.54) is 5.69 Å². The molecule has 4 rings (SSSR count). The summed E-state index contributed by atoms with van der Waals surface area (Å²) in [7, 11) is -3.52. The predicted molar refractivity (Wildman–Crippen MR) is 133 cm³/mol. The molecule has 1 heterocycles. The Morgan fingerprint density at radius 3 is 2.26 bits per heavy atom. The van der Waals surface area contributed by atoms with Crippen molar-refractivity contribution in [2.45, 2.75) is 30.6 Å². The Labute approximate surface area is 202 Å². The van der Waals surface area contributed by atoms with Crippen LogP contribution >= 0.6 is 0 Å². The van der Waals surface area contributed by atoms with E-state index < -0.39 is 9.84 Å². The third kappa shape index (κ3) is 5.78. The molecule has 2 aromatic carbocycles. The topological polar surface area (TPSA) is 102 Å². The second-order valence-corrected chi connectivity index (χ2v) is 11.2. The molecule has 2 aliphatic rings. The van der Waals surface area contributed by atoms with Gasteiger partial charge < -0.3 is 15.5 Å². The molecule has 2 aromatic rings. The maximum Gasteiger partial charge on any atom is 0.224 e. The lowest BCUT2D eigenvalue weighted by molar-refractivity contribution is -0.127. The molecular formula is C26H32N4O3S. The van der Waals surface area contributed by atoms with Crippen molar-refractivity contribution in [1.82, 2.24) is 10.6 Å². The lowest BCUT2D eigenvalue weighted by Gasteiger charge is -2.30. The molecule has 8 heteroatoms. The van der Waals surface area contributed by atoms with Gasteiger partial charge in [-0.05, 0) is 54.2 Å². The maximum atomic E-state index is 13.2. The number of sulfone groups is 1. The van der Waals surface area contributed by atoms with E-state index in [0.29, 0.717) is 12.8 Å². The van der Waals surface area contributed by atoms with Gasteiger partial charge in [-0.3, -0.25) is 4.79 Å². The minimum absolute atomic E-state index is 0.0453. The summed E-state index contributed by atoms with van der Waals surface area (Å²) in [6, 6.07) is 17.3. The summed E-state index contributed by atoms with van der Waals surface area (Å²) in [6.45, 7) is 3.92. The Kier molecular flexibility index (Phi) is 7.86. The Bertz CT molecular complexity index is 1120. The standard InChI is InChI=1S/C26H32N4O3S/c27-13-14-29-26(31)25-4-2-1-3-22(25)19-34(32,33)24-11-7-21(8-12-24)20-5-9-23(10-6-20)30-17-15-28-16-18-30/h5-12,22,25,28H,1-4,14-19H2,(H,29,31). The highest BCUT2D eigenvalue weighted by atomic mass is 32.2. The highest BCUT2D eigenvalue weighted by Gasteiger charge is 2.34. The number of rotatable bonds is 7. The van der Waals surface area contributed by atoms with Crippen LogP contribution in [0.2, 0.25) is 0 Å². The molecule has 0 bridgehead atoms. The first-order chi connectivity index (χ1) is 16.5. The molecule has 180 valence electrons. The number of carbonyl (C=O) groups excluding carboxylic acids is 1. The van der Waals surface area contributed by atoms with Crippen LogP contribution in [-0.2, 0) is 14.6 Å². The van der Waals surface area contributed by atoms with Crippen LogP contribution in [0.5, 0.6) is 0 Å². The van der Waals surface area contributed by atoms with Crippen LogP contribution in [0.15, 0.2) is 53.4 Å². The number of nitrogens with zero attached hydrogens (tertiary/aromatic N) is 2. The van der Waals surface area contributed by atoms with E-state index in [4.69, 9.17) is 5.26 Å². The van der Waals surface area contributed by atoms with Gasteiger partial charge in [-0.2, -0.15) is 5.26 Å². The molecule has 1 aliphatic heterocycles. The SMILES string of the molecule is N#CCNC(=O)C1CCCCC1CS(=O)(=O)c1ccc(-c2ccc(N3CCNCC3)cc2)cc1. The summed E-state index contributed by atoms with van der Waals surface area (Å²) in [6.07, 6.45) is 3.20. The van der Waals surface area contributed by atoms with Crippen molar-refractivity contribution in [3.05, 3.63) is 48.5 Å². The van der Waals surface area contributed by atoms with Crippen molar-refractivity contribution in [2.75, 3.05) is 43.4 Å². The van der Waals surface area contributed by atoms with Crippen LogP contribution < -0.4 is 15.5 Å². The van der Waals surface area contributed by atoms with Crippen LogP contribution in [0.3, 0.4) is 0 Å². The maximum absolute atomic E-state index is 13.2. The highest BCUT2D eigenvalue weighted by Crippen LogP contribution is 2.33. The summed E-state index contributed by atoms with van der Waals surface area (Å²) in [5, 5.41) is 14.7. The number of benzene rings is 2. The van der Waals surface area contributed by atoms with Crippen molar-refractivity contribution in [2.24, 2.45) is 11.8 Å². The van der Waals surface area contributed by atoms with E-state index in [2.05, 4.69) is 39.8 Å². The molecule has 7 nitrogen and oxygen atoms in total. The third-order valence-corrected chi connectivity index (χ3v) is 8.77. The zero-order valence-corrected chi connectivity index (χ0v) is 20.2. The van der Waals surface area contributed by atoms with E-state index >= 15 is 0 Å². The van der Waals surface area contributed by atoms with E-state index in [0.717, 1.165) is 50.1 Å². The first-order valence-electron chi connectivity index (χ1n) is 12.0. The first kappa shape index (κ1) is 24.2. The molecule has 34 heavy (non-hydrogen) atoms. The van der Waals surface area contributed by atoms with Crippen LogP contribution in [0.4, 0.5) is 5.69 Å². The number of anilines is 1. The summed E-state index contributed by atoms with van der Waals surface area (Å²) in [5.41, 5.74) is 3.21. The Hall–Kier alpha value is -2.89. The minimum atomic E-state index is -3.52. The van der Waals surface area contributed by atoms with Gasteiger partial charge >= 0.3 is 0 Å². The largest absolute Gasteiger partial charge is 0.369 e. The zero-order valence-electron chi connectivity index (χ0n) is 19.4. The van der Waals surface area contributed by atoms with Crippen molar-refractivity contribution in [1.29, 1.82) is 5.26 Å². The molecule has 2 atom stereocenters. The van der Waals surface area contributed by atoms with Gasteiger partial charge in [-0.25, -0.2) is 8.42 Å². The normalized spacial score (nSPS) is 21.0. The molecule has 2 N–H and O–H groups in total. The highest BCUT2D eigenvalue weighted by molar-refractivity contribution is 7.91. The fraction of sp³-hybridized carbons (Fsp3) is 0.462. The molecule has 1 aliphatic carbocycles. The number of carbonyl (C=O) groups is 1. The van der Waals surface area contributed by atoms with Crippen LogP contribution in [0.25, 0.3) is 11.1 Å². The number of hydrogen-bond donors (Lipinski definition) is 2. The second-order valence-electron chi connectivity index (χ2n) is 9.12. The number of hydrogen-bond acceptors (Lipinski definition) is 6. The average Bonchev–Trinajstić information content (AvgIpc) is 2.88. The van der Waals surface area contributed by atoms with Gasteiger partial charge in [-0.15, -0.1) is 0 Å². The quantitative estimate of drug-likeness (QED) is 0.591. The fourth-order valence-electron chi connectivity index (χ4n) is 5.03. The van der Waals surface area contributed by atoms with Crippen molar-refractivity contribution >= 4 is 21.4 Å². The smallest absolute Gasteiger partial charge is 0.224 e. The number of amides is 1. The zero-order chi connectivity index (χ0) is 24.0. The van der Waals surface area contributed by atoms with Crippen LogP contribution in [0, 0.1) is 23.2 Å². The van der Waals surface area contributed by atoms with Gasteiger partial charge in [0.05, 0.1) is 16.7 Å². The van der Waals surface area contributed by atoms with E-state index in [9.17, 15) is 13.2 Å². The summed E-state index contributed by atoms with van der Waals surface area (Å²) in [5.74, 6) is -0.836. The molecule has 2 fully saturated rings. The average molecular weight is 481 g/mol. The van der Waals surface area contributed by atoms with Gasteiger partial charge in [0, 0.05) is 37.8 Å². The van der Waals surface area contributed by atoms with Crippen molar-refractivity contribution < 1.29 is 13.2 Å². The molecule has 1 saturated heterocycles. The van der Waals surface area contributed by atoms with Crippen LogP contribution in [0.1, 0.15) is 25.7 Å².